The number of pyridine rings is 2. The molecule has 0 bridgehead atoms. The molecule has 0 aliphatic carbocycles. The molecule has 0 spiro atoms. The summed E-state index contributed by atoms with van der Waals surface area (Å²) in [4.78, 5) is 31.8. The molecule has 0 radical (unpaired) electrons. The molecule has 3 aromatic heterocycles. The van der Waals surface area contributed by atoms with E-state index in [4.69, 9.17) is 23.1 Å². The van der Waals surface area contributed by atoms with E-state index < -0.39 is 0 Å². The molecular formula is C22H18ClN7O. The lowest BCUT2D eigenvalue weighted by Crippen LogP contribution is -2.16. The minimum Gasteiger partial charge on any atom is -0.387 e. The van der Waals surface area contributed by atoms with Gasteiger partial charge in [-0.3, -0.25) is 9.78 Å². The van der Waals surface area contributed by atoms with E-state index in [1.807, 2.05) is 30.3 Å². The smallest absolute Gasteiger partial charge is 0.247 e. The second-order valence-electron chi connectivity index (χ2n) is 6.68. The van der Waals surface area contributed by atoms with E-state index in [2.05, 4.69) is 24.9 Å². The highest BCUT2D eigenvalue weighted by molar-refractivity contribution is 6.30. The summed E-state index contributed by atoms with van der Waals surface area (Å²) in [6, 6.07) is 16.1. The van der Waals surface area contributed by atoms with Gasteiger partial charge in [0.2, 0.25) is 11.5 Å². The minimum absolute atomic E-state index is 0.0585. The van der Waals surface area contributed by atoms with Crippen LogP contribution in [-0.2, 0) is 6.42 Å². The van der Waals surface area contributed by atoms with Crippen molar-refractivity contribution >= 4 is 29.2 Å². The van der Waals surface area contributed by atoms with Gasteiger partial charge < -0.3 is 16.5 Å². The van der Waals surface area contributed by atoms with Crippen LogP contribution in [0.3, 0.4) is 0 Å². The van der Waals surface area contributed by atoms with Crippen LogP contribution >= 0.6 is 11.6 Å². The highest BCUT2D eigenvalue weighted by Gasteiger charge is 2.17. The van der Waals surface area contributed by atoms with Gasteiger partial charge in [0.15, 0.2) is 5.82 Å². The van der Waals surface area contributed by atoms with Gasteiger partial charge >= 0.3 is 0 Å². The number of benzene rings is 1. The summed E-state index contributed by atoms with van der Waals surface area (Å²) >= 11 is 5.89. The summed E-state index contributed by atoms with van der Waals surface area (Å²) in [5.41, 5.74) is 15.4. The van der Waals surface area contributed by atoms with Crippen molar-refractivity contribution < 1.29 is 0 Å². The third kappa shape index (κ3) is 4.76. The van der Waals surface area contributed by atoms with Gasteiger partial charge in [0, 0.05) is 41.7 Å². The standard InChI is InChI=1S/C22H18ClN7O/c23-15-7-8-16(26-12-15)10-17(24)28-21-19(14-6-9-18(31)27-11-14)20(29-22(25)30-21)13-4-2-1-3-5-13/h1-9,11-12H,10H2,(H,27,31)(H4,24,25,28,29,30). The molecule has 4 rings (SSSR count). The number of hydrogen-bond donors (Lipinski definition) is 3. The zero-order chi connectivity index (χ0) is 21.8. The zero-order valence-corrected chi connectivity index (χ0v) is 17.0. The molecule has 0 aliphatic heterocycles. The summed E-state index contributed by atoms with van der Waals surface area (Å²) in [6.07, 6.45) is 3.43. The van der Waals surface area contributed by atoms with Crippen molar-refractivity contribution in [1.82, 2.24) is 19.9 Å². The highest BCUT2D eigenvalue weighted by Crippen LogP contribution is 2.37. The van der Waals surface area contributed by atoms with Crippen LogP contribution in [0, 0.1) is 0 Å². The Labute approximate surface area is 182 Å². The number of hydrogen-bond acceptors (Lipinski definition) is 6. The molecule has 5 N–H and O–H groups in total. The predicted octanol–water partition coefficient (Wildman–Crippen LogP) is 3.36. The number of H-pyrrole nitrogens is 1. The zero-order valence-electron chi connectivity index (χ0n) is 16.3. The van der Waals surface area contributed by atoms with Crippen LogP contribution in [0.4, 0.5) is 11.8 Å². The number of halogens is 1. The summed E-state index contributed by atoms with van der Waals surface area (Å²) in [5, 5.41) is 0.538. The molecule has 31 heavy (non-hydrogen) atoms. The second-order valence-corrected chi connectivity index (χ2v) is 7.12. The van der Waals surface area contributed by atoms with Crippen LogP contribution in [0.2, 0.25) is 5.02 Å². The number of anilines is 1. The van der Waals surface area contributed by atoms with Crippen LogP contribution in [0.15, 0.2) is 76.8 Å². The second kappa shape index (κ2) is 8.76. The molecule has 9 heteroatoms. The molecule has 4 aromatic rings. The number of nitrogens with one attached hydrogen (secondary N) is 1. The Morgan fingerprint density at radius 1 is 1.03 bits per heavy atom. The van der Waals surface area contributed by atoms with Crippen LogP contribution < -0.4 is 17.0 Å². The molecule has 0 atom stereocenters. The Morgan fingerprint density at radius 3 is 2.52 bits per heavy atom. The van der Waals surface area contributed by atoms with E-state index in [0.717, 1.165) is 5.56 Å². The van der Waals surface area contributed by atoms with Crippen molar-refractivity contribution in [1.29, 1.82) is 0 Å². The van der Waals surface area contributed by atoms with Crippen molar-refractivity contribution in [3.63, 3.8) is 0 Å². The topological polar surface area (TPSA) is 136 Å². The fourth-order valence-corrected chi connectivity index (χ4v) is 3.17. The van der Waals surface area contributed by atoms with E-state index in [1.54, 1.807) is 30.6 Å². The summed E-state index contributed by atoms with van der Waals surface area (Å²) in [6.45, 7) is 0. The Kier molecular flexibility index (Phi) is 5.72. The maximum atomic E-state index is 11.6. The van der Waals surface area contributed by atoms with Crippen LogP contribution in [-0.4, -0.2) is 25.8 Å². The molecule has 0 saturated heterocycles. The van der Waals surface area contributed by atoms with E-state index in [9.17, 15) is 4.79 Å². The van der Waals surface area contributed by atoms with Crippen LogP contribution in [0.1, 0.15) is 5.69 Å². The maximum absolute atomic E-state index is 11.6. The Hall–Kier alpha value is -4.04. The molecule has 0 amide bonds. The molecule has 0 aliphatic rings. The third-order valence-corrected chi connectivity index (χ3v) is 4.65. The molecule has 1 aromatic carbocycles. The number of rotatable bonds is 5. The molecule has 154 valence electrons. The fourth-order valence-electron chi connectivity index (χ4n) is 3.06. The lowest BCUT2D eigenvalue weighted by atomic mass is 10.0. The Bertz CT molecular complexity index is 1280. The maximum Gasteiger partial charge on any atom is 0.247 e. The number of nitrogen functional groups attached to an aromatic ring is 1. The monoisotopic (exact) mass is 431 g/mol. The van der Waals surface area contributed by atoms with Gasteiger partial charge in [-0.05, 0) is 18.2 Å². The van der Waals surface area contributed by atoms with Gasteiger partial charge in [0.25, 0.3) is 0 Å². The average molecular weight is 432 g/mol. The fraction of sp³-hybridized carbons (Fsp3) is 0.0455. The van der Waals surface area contributed by atoms with Crippen molar-refractivity contribution in [3.8, 4) is 22.4 Å². The first kappa shape index (κ1) is 20.2. The lowest BCUT2D eigenvalue weighted by molar-refractivity contribution is 1.11. The molecule has 0 saturated carbocycles. The summed E-state index contributed by atoms with van der Waals surface area (Å²) < 4.78 is 0. The number of nitrogens with zero attached hydrogens (tertiary/aromatic N) is 4. The summed E-state index contributed by atoms with van der Waals surface area (Å²) in [5.74, 6) is 0.644. The van der Waals surface area contributed by atoms with Gasteiger partial charge in [-0.25, -0.2) is 9.98 Å². The normalized spacial score (nSPS) is 11.5. The minimum atomic E-state index is -0.222. The first-order chi connectivity index (χ1) is 15.0. The van der Waals surface area contributed by atoms with Crippen LogP contribution in [0.5, 0.6) is 0 Å². The van der Waals surface area contributed by atoms with Crippen molar-refractivity contribution in [2.45, 2.75) is 6.42 Å². The van der Waals surface area contributed by atoms with Crippen LogP contribution in [0.25, 0.3) is 22.4 Å². The van der Waals surface area contributed by atoms with Gasteiger partial charge in [-0.1, -0.05) is 41.9 Å². The average Bonchev–Trinajstić information content (AvgIpc) is 2.76. The summed E-state index contributed by atoms with van der Waals surface area (Å²) in [7, 11) is 0. The van der Waals surface area contributed by atoms with E-state index in [1.165, 1.54) is 6.07 Å². The molecule has 8 nitrogen and oxygen atoms in total. The number of amidine groups is 1. The van der Waals surface area contributed by atoms with Gasteiger partial charge in [-0.2, -0.15) is 4.98 Å². The SMILES string of the molecule is NC(Cc1ccc(Cl)cn1)=Nc1nc(N)nc(-c2ccccc2)c1-c1ccc(=O)[nH]c1. The number of aromatic amines is 1. The van der Waals surface area contributed by atoms with E-state index in [0.29, 0.717) is 39.8 Å². The largest absolute Gasteiger partial charge is 0.387 e. The van der Waals surface area contributed by atoms with Crippen molar-refractivity contribution in [3.05, 3.63) is 88.1 Å². The number of nitrogens with two attached hydrogens (primary N) is 2. The van der Waals surface area contributed by atoms with Gasteiger partial charge in [0.1, 0.15) is 5.84 Å². The van der Waals surface area contributed by atoms with Crippen molar-refractivity contribution in [2.75, 3.05) is 5.73 Å². The Balaban J connectivity index is 1.86. The quantitative estimate of drug-likeness (QED) is 0.327. The lowest BCUT2D eigenvalue weighted by Gasteiger charge is -2.13. The van der Waals surface area contributed by atoms with E-state index >= 15 is 0 Å². The number of aromatic nitrogens is 4. The molecule has 3 heterocycles. The van der Waals surface area contributed by atoms with Gasteiger partial charge in [-0.15, -0.1) is 0 Å². The first-order valence-corrected chi connectivity index (χ1v) is 9.73. The Morgan fingerprint density at radius 2 is 1.84 bits per heavy atom. The van der Waals surface area contributed by atoms with E-state index in [-0.39, 0.29) is 17.3 Å². The molecule has 0 unspecified atom stereocenters. The third-order valence-electron chi connectivity index (χ3n) is 4.43. The highest BCUT2D eigenvalue weighted by atomic mass is 35.5. The predicted molar refractivity (Wildman–Crippen MR) is 122 cm³/mol. The van der Waals surface area contributed by atoms with Gasteiger partial charge in [0.05, 0.1) is 16.3 Å². The molecular weight excluding hydrogens is 414 g/mol. The molecule has 0 fully saturated rings. The first-order valence-electron chi connectivity index (χ1n) is 9.35. The van der Waals surface area contributed by atoms with Crippen molar-refractivity contribution in [2.24, 2.45) is 10.7 Å². The number of aliphatic imine (C=N–C) groups is 1.